The molecule has 0 aliphatic rings. The Hall–Kier alpha value is -1.45. The van der Waals surface area contributed by atoms with Crippen LogP contribution >= 0.6 is 0 Å². The molecule has 2 nitrogen and oxygen atoms in total. The van der Waals surface area contributed by atoms with Gasteiger partial charge in [0.15, 0.2) is 0 Å². The van der Waals surface area contributed by atoms with E-state index in [4.69, 9.17) is 5.11 Å². The molecule has 0 heterocycles. The molecule has 1 atom stereocenters. The molecule has 4 heteroatoms. The molecule has 1 rings (SSSR count). The van der Waals surface area contributed by atoms with Gasteiger partial charge in [0, 0.05) is 5.56 Å². The van der Waals surface area contributed by atoms with E-state index in [2.05, 4.69) is 0 Å². The van der Waals surface area contributed by atoms with E-state index in [-0.39, 0.29) is 5.56 Å². The number of rotatable bonds is 2. The fourth-order valence-electron chi connectivity index (χ4n) is 1.22. The van der Waals surface area contributed by atoms with Gasteiger partial charge in [-0.15, -0.1) is 0 Å². The molecular weight excluding hydrogens is 190 g/mol. The lowest BCUT2D eigenvalue weighted by atomic mass is 9.94. The summed E-state index contributed by atoms with van der Waals surface area (Å²) >= 11 is 0. The molecule has 0 bridgehead atoms. The topological polar surface area (TPSA) is 37.3 Å². The van der Waals surface area contributed by atoms with Crippen LogP contribution in [0, 0.1) is 12.7 Å². The van der Waals surface area contributed by atoms with E-state index >= 15 is 0 Å². The van der Waals surface area contributed by atoms with Gasteiger partial charge in [-0.1, -0.05) is 6.07 Å². The zero-order chi connectivity index (χ0) is 10.9. The summed E-state index contributed by atoms with van der Waals surface area (Å²) < 4.78 is 26.4. The first kappa shape index (κ1) is 10.6. The van der Waals surface area contributed by atoms with Crippen LogP contribution in [-0.4, -0.2) is 11.1 Å². The summed E-state index contributed by atoms with van der Waals surface area (Å²) in [5.74, 6) is -2.26. The third-order valence-corrected chi connectivity index (χ3v) is 2.11. The summed E-state index contributed by atoms with van der Waals surface area (Å²) in [5, 5.41) is 8.61. The maximum Gasteiger partial charge on any atom is 0.345 e. The first-order valence-electron chi connectivity index (χ1n) is 4.04. The predicted octanol–water partition coefficient (Wildman–Crippen LogP) is 2.40. The Morgan fingerprint density at radius 3 is 2.57 bits per heavy atom. The van der Waals surface area contributed by atoms with Crippen LogP contribution in [-0.2, 0) is 10.5 Å². The Labute approximate surface area is 80.2 Å². The number of hydrogen-bond acceptors (Lipinski definition) is 1. The normalized spacial score (nSPS) is 14.9. The van der Waals surface area contributed by atoms with Crippen molar-refractivity contribution in [2.24, 2.45) is 0 Å². The predicted molar refractivity (Wildman–Crippen MR) is 47.2 cm³/mol. The van der Waals surface area contributed by atoms with Gasteiger partial charge in [-0.2, -0.15) is 0 Å². The van der Waals surface area contributed by atoms with Crippen LogP contribution in [0.2, 0.25) is 0 Å². The summed E-state index contributed by atoms with van der Waals surface area (Å²) in [5.41, 5.74) is -2.28. The lowest BCUT2D eigenvalue weighted by molar-refractivity contribution is -0.150. The van der Waals surface area contributed by atoms with Crippen molar-refractivity contribution in [1.29, 1.82) is 0 Å². The summed E-state index contributed by atoms with van der Waals surface area (Å²) in [7, 11) is 0. The van der Waals surface area contributed by atoms with Crippen molar-refractivity contribution in [3.63, 3.8) is 0 Å². The van der Waals surface area contributed by atoms with Gasteiger partial charge in [0.05, 0.1) is 0 Å². The maximum absolute atomic E-state index is 13.6. The molecule has 0 aliphatic carbocycles. The van der Waals surface area contributed by atoms with Gasteiger partial charge < -0.3 is 5.11 Å². The molecular formula is C10H10F2O2. The molecule has 0 radical (unpaired) electrons. The summed E-state index contributed by atoms with van der Waals surface area (Å²) in [6.45, 7) is 2.44. The largest absolute Gasteiger partial charge is 0.479 e. The number of aryl methyl sites for hydroxylation is 1. The number of alkyl halides is 1. The molecule has 1 unspecified atom stereocenters. The van der Waals surface area contributed by atoms with Crippen LogP contribution in [0.15, 0.2) is 18.2 Å². The molecule has 0 aromatic heterocycles. The lowest BCUT2D eigenvalue weighted by Gasteiger charge is -2.17. The smallest absolute Gasteiger partial charge is 0.345 e. The second-order valence-electron chi connectivity index (χ2n) is 3.27. The Bertz CT molecular complexity index is 372. The first-order chi connectivity index (χ1) is 6.35. The number of carboxylic acid groups (broad SMARTS) is 1. The molecule has 0 saturated heterocycles. The Kier molecular flexibility index (Phi) is 2.55. The molecule has 1 aromatic carbocycles. The minimum atomic E-state index is -2.55. The van der Waals surface area contributed by atoms with Gasteiger partial charge in [-0.3, -0.25) is 0 Å². The Morgan fingerprint density at radius 1 is 1.50 bits per heavy atom. The third kappa shape index (κ3) is 1.73. The molecule has 0 fully saturated rings. The third-order valence-electron chi connectivity index (χ3n) is 2.11. The number of hydrogen-bond donors (Lipinski definition) is 1. The fraction of sp³-hybridized carbons (Fsp3) is 0.300. The molecule has 14 heavy (non-hydrogen) atoms. The van der Waals surface area contributed by atoms with Gasteiger partial charge >= 0.3 is 5.97 Å². The number of carboxylic acids is 1. The van der Waals surface area contributed by atoms with Crippen molar-refractivity contribution >= 4 is 5.97 Å². The Morgan fingerprint density at radius 2 is 2.07 bits per heavy atom. The lowest BCUT2D eigenvalue weighted by Crippen LogP contribution is -2.28. The highest BCUT2D eigenvalue weighted by Gasteiger charge is 2.36. The fourth-order valence-corrected chi connectivity index (χ4v) is 1.22. The van der Waals surface area contributed by atoms with Crippen molar-refractivity contribution in [2.45, 2.75) is 19.5 Å². The van der Waals surface area contributed by atoms with Crippen LogP contribution in [0.3, 0.4) is 0 Å². The number of halogens is 2. The van der Waals surface area contributed by atoms with Gasteiger partial charge in [-0.25, -0.2) is 13.6 Å². The minimum absolute atomic E-state index is 0.148. The monoisotopic (exact) mass is 200 g/mol. The SMILES string of the molecule is Cc1ccc(F)cc1C(C)(F)C(=O)O. The standard InChI is InChI=1S/C10H10F2O2/c1-6-3-4-7(11)5-8(6)10(2,12)9(13)14/h3-5H,1-2H3,(H,13,14). The van der Waals surface area contributed by atoms with Gasteiger partial charge in [0.1, 0.15) is 5.82 Å². The maximum atomic E-state index is 13.6. The van der Waals surface area contributed by atoms with Crippen LogP contribution in [0.25, 0.3) is 0 Å². The van der Waals surface area contributed by atoms with Crippen LogP contribution in [0.5, 0.6) is 0 Å². The first-order valence-corrected chi connectivity index (χ1v) is 4.04. The molecule has 1 N–H and O–H groups in total. The average molecular weight is 200 g/mol. The summed E-state index contributed by atoms with van der Waals surface area (Å²) in [6.07, 6.45) is 0. The van der Waals surface area contributed by atoms with Gasteiger partial charge in [-0.05, 0) is 31.5 Å². The molecule has 1 aromatic rings. The van der Waals surface area contributed by atoms with Crippen molar-refractivity contribution in [2.75, 3.05) is 0 Å². The number of aliphatic carboxylic acids is 1. The molecule has 0 aliphatic heterocycles. The van der Waals surface area contributed by atoms with E-state index in [0.717, 1.165) is 19.1 Å². The second-order valence-corrected chi connectivity index (χ2v) is 3.27. The zero-order valence-electron chi connectivity index (χ0n) is 7.84. The van der Waals surface area contributed by atoms with Crippen molar-refractivity contribution in [1.82, 2.24) is 0 Å². The van der Waals surface area contributed by atoms with Crippen molar-refractivity contribution in [3.8, 4) is 0 Å². The highest BCUT2D eigenvalue weighted by molar-refractivity contribution is 5.79. The van der Waals surface area contributed by atoms with E-state index < -0.39 is 17.5 Å². The van der Waals surface area contributed by atoms with Gasteiger partial charge in [0.25, 0.3) is 0 Å². The summed E-state index contributed by atoms with van der Waals surface area (Å²) in [4.78, 5) is 10.6. The zero-order valence-corrected chi connectivity index (χ0v) is 7.84. The number of carbonyl (C=O) groups is 1. The highest BCUT2D eigenvalue weighted by Crippen LogP contribution is 2.29. The molecule has 0 spiro atoms. The van der Waals surface area contributed by atoms with E-state index in [1.54, 1.807) is 0 Å². The van der Waals surface area contributed by atoms with E-state index in [0.29, 0.717) is 5.56 Å². The minimum Gasteiger partial charge on any atom is -0.479 e. The quantitative estimate of drug-likeness (QED) is 0.795. The van der Waals surface area contributed by atoms with E-state index in [9.17, 15) is 13.6 Å². The van der Waals surface area contributed by atoms with Crippen LogP contribution in [0.4, 0.5) is 8.78 Å². The van der Waals surface area contributed by atoms with E-state index in [1.165, 1.54) is 13.0 Å². The molecule has 0 saturated carbocycles. The average Bonchev–Trinajstić information content (AvgIpc) is 2.08. The summed E-state index contributed by atoms with van der Waals surface area (Å²) in [6, 6.07) is 3.42. The van der Waals surface area contributed by atoms with Crippen LogP contribution in [0.1, 0.15) is 18.1 Å². The Balaban J connectivity index is 3.31. The number of benzene rings is 1. The van der Waals surface area contributed by atoms with Crippen molar-refractivity contribution in [3.05, 3.63) is 35.1 Å². The van der Waals surface area contributed by atoms with Crippen molar-refractivity contribution < 1.29 is 18.7 Å². The molecule has 76 valence electrons. The van der Waals surface area contributed by atoms with Gasteiger partial charge in [0.2, 0.25) is 5.67 Å². The van der Waals surface area contributed by atoms with E-state index in [1.807, 2.05) is 0 Å². The van der Waals surface area contributed by atoms with Crippen LogP contribution < -0.4 is 0 Å². The second kappa shape index (κ2) is 3.36. The highest BCUT2D eigenvalue weighted by atomic mass is 19.1. The molecule has 0 amide bonds.